The molecule has 0 unspecified atom stereocenters. The zero-order valence-corrected chi connectivity index (χ0v) is 11.6. The van der Waals surface area contributed by atoms with Crippen molar-refractivity contribution >= 4 is 44.7 Å². The maximum atomic E-state index is 12.2. The zero-order valence-electron chi connectivity index (χ0n) is 8.46. The first-order valence-electron chi connectivity index (χ1n) is 4.64. The first kappa shape index (κ1) is 11.8. The third-order valence-corrected chi connectivity index (χ3v) is 4.06. The Morgan fingerprint density at radius 2 is 2.06 bits per heavy atom. The van der Waals surface area contributed by atoms with Crippen LogP contribution in [0.2, 0.25) is 5.02 Å². The van der Waals surface area contributed by atoms with Gasteiger partial charge in [-0.1, -0.05) is 27.5 Å². The third kappa shape index (κ3) is 2.37. The fraction of sp³-hybridized carbons (Fsp3) is 0.0833. The smallest absolute Gasteiger partial charge is 0.204 e. The lowest BCUT2D eigenvalue weighted by Crippen LogP contribution is -1.99. The highest BCUT2D eigenvalue weighted by atomic mass is 79.9. The molecule has 2 rings (SSSR count). The molecule has 1 heterocycles. The quantitative estimate of drug-likeness (QED) is 0.734. The summed E-state index contributed by atoms with van der Waals surface area (Å²) in [4.78, 5) is 14.0. The summed E-state index contributed by atoms with van der Waals surface area (Å²) in [5, 5.41) is 0.569. The van der Waals surface area contributed by atoms with Crippen LogP contribution in [0.4, 0.5) is 0 Å². The lowest BCUT2D eigenvalue weighted by molar-refractivity contribution is 0.104. The molecule has 0 bridgehead atoms. The fourth-order valence-electron chi connectivity index (χ4n) is 1.36. The minimum atomic E-state index is 0.00692. The Kier molecular flexibility index (Phi) is 3.47. The van der Waals surface area contributed by atoms with Crippen LogP contribution in [-0.4, -0.2) is 5.78 Å². The molecular formula is C12H8BrClOS. The summed E-state index contributed by atoms with van der Waals surface area (Å²) in [5.41, 5.74) is 0.606. The molecule has 0 saturated carbocycles. The Morgan fingerprint density at radius 1 is 1.31 bits per heavy atom. The van der Waals surface area contributed by atoms with Gasteiger partial charge in [0.05, 0.1) is 4.88 Å². The number of benzene rings is 1. The first-order valence-corrected chi connectivity index (χ1v) is 6.63. The van der Waals surface area contributed by atoms with Gasteiger partial charge in [0.2, 0.25) is 5.78 Å². The highest BCUT2D eigenvalue weighted by molar-refractivity contribution is 9.10. The van der Waals surface area contributed by atoms with E-state index in [4.69, 9.17) is 11.6 Å². The molecule has 0 aliphatic heterocycles. The minimum absolute atomic E-state index is 0.00692. The van der Waals surface area contributed by atoms with Crippen molar-refractivity contribution in [3.63, 3.8) is 0 Å². The summed E-state index contributed by atoms with van der Waals surface area (Å²) >= 11 is 10.7. The van der Waals surface area contributed by atoms with Gasteiger partial charge in [-0.05, 0) is 37.3 Å². The van der Waals surface area contributed by atoms with Crippen LogP contribution in [0, 0.1) is 6.92 Å². The van der Waals surface area contributed by atoms with E-state index in [1.165, 1.54) is 11.3 Å². The lowest BCUT2D eigenvalue weighted by atomic mass is 10.1. The van der Waals surface area contributed by atoms with Crippen LogP contribution in [0.1, 0.15) is 20.1 Å². The van der Waals surface area contributed by atoms with Crippen molar-refractivity contribution in [2.75, 3.05) is 0 Å². The molecule has 0 N–H and O–H groups in total. The second-order valence-corrected chi connectivity index (χ2v) is 5.94. The highest BCUT2D eigenvalue weighted by Gasteiger charge is 2.14. The average molecular weight is 316 g/mol. The van der Waals surface area contributed by atoms with Gasteiger partial charge in [-0.2, -0.15) is 0 Å². The number of hydrogen-bond acceptors (Lipinski definition) is 2. The van der Waals surface area contributed by atoms with Crippen LogP contribution in [0.25, 0.3) is 0 Å². The SMILES string of the molecule is Cc1ccc(C(=O)c2cc(Cl)ccc2Br)s1. The molecular weight excluding hydrogens is 308 g/mol. The van der Waals surface area contributed by atoms with E-state index in [-0.39, 0.29) is 5.78 Å². The lowest BCUT2D eigenvalue weighted by Gasteiger charge is -2.02. The number of rotatable bonds is 2. The molecule has 0 fully saturated rings. The van der Waals surface area contributed by atoms with Crippen molar-refractivity contribution in [2.24, 2.45) is 0 Å². The van der Waals surface area contributed by atoms with Crippen LogP contribution < -0.4 is 0 Å². The van der Waals surface area contributed by atoms with Gasteiger partial charge in [-0.15, -0.1) is 11.3 Å². The summed E-state index contributed by atoms with van der Waals surface area (Å²) in [6.45, 7) is 1.98. The van der Waals surface area contributed by atoms with Crippen molar-refractivity contribution < 1.29 is 4.79 Å². The Balaban J connectivity index is 2.45. The summed E-state index contributed by atoms with van der Waals surface area (Å²) in [7, 11) is 0. The third-order valence-electron chi connectivity index (χ3n) is 2.14. The Hall–Kier alpha value is -0.640. The molecule has 0 spiro atoms. The van der Waals surface area contributed by atoms with Crippen LogP contribution in [0.15, 0.2) is 34.8 Å². The molecule has 2 aromatic rings. The summed E-state index contributed by atoms with van der Waals surface area (Å²) in [6, 6.07) is 9.01. The molecule has 0 aliphatic rings. The molecule has 0 amide bonds. The van der Waals surface area contributed by atoms with E-state index in [2.05, 4.69) is 15.9 Å². The second-order valence-electron chi connectivity index (χ2n) is 3.36. The highest BCUT2D eigenvalue weighted by Crippen LogP contribution is 2.26. The van der Waals surface area contributed by atoms with E-state index < -0.39 is 0 Å². The van der Waals surface area contributed by atoms with Crippen LogP contribution >= 0.6 is 38.9 Å². The number of halogens is 2. The molecule has 0 atom stereocenters. The van der Waals surface area contributed by atoms with Gasteiger partial charge in [0.1, 0.15) is 0 Å². The number of aryl methyl sites for hydroxylation is 1. The van der Waals surface area contributed by atoms with E-state index in [1.807, 2.05) is 19.1 Å². The van der Waals surface area contributed by atoms with E-state index >= 15 is 0 Å². The van der Waals surface area contributed by atoms with E-state index in [1.54, 1.807) is 18.2 Å². The molecule has 1 aromatic carbocycles. The number of carbonyl (C=O) groups excluding carboxylic acids is 1. The van der Waals surface area contributed by atoms with Crippen molar-refractivity contribution in [1.29, 1.82) is 0 Å². The van der Waals surface area contributed by atoms with Gasteiger partial charge in [0.25, 0.3) is 0 Å². The van der Waals surface area contributed by atoms with Crippen molar-refractivity contribution in [3.8, 4) is 0 Å². The van der Waals surface area contributed by atoms with Gasteiger partial charge >= 0.3 is 0 Å². The Labute approximate surface area is 111 Å². The van der Waals surface area contributed by atoms with E-state index in [0.29, 0.717) is 10.6 Å². The number of carbonyl (C=O) groups is 1. The molecule has 0 radical (unpaired) electrons. The van der Waals surface area contributed by atoms with Gasteiger partial charge in [0.15, 0.2) is 0 Å². The first-order chi connectivity index (χ1) is 7.58. The Bertz CT molecular complexity index is 548. The van der Waals surface area contributed by atoms with E-state index in [0.717, 1.165) is 14.2 Å². The summed E-state index contributed by atoms with van der Waals surface area (Å²) in [5.74, 6) is 0.00692. The number of hydrogen-bond donors (Lipinski definition) is 0. The largest absolute Gasteiger partial charge is 0.288 e. The van der Waals surface area contributed by atoms with Gasteiger partial charge in [-0.25, -0.2) is 0 Å². The van der Waals surface area contributed by atoms with Crippen molar-refractivity contribution in [2.45, 2.75) is 6.92 Å². The molecule has 4 heteroatoms. The van der Waals surface area contributed by atoms with E-state index in [9.17, 15) is 4.79 Å². The molecule has 0 aliphatic carbocycles. The predicted molar refractivity (Wildman–Crippen MR) is 71.6 cm³/mol. The number of thiophene rings is 1. The monoisotopic (exact) mass is 314 g/mol. The zero-order chi connectivity index (χ0) is 11.7. The summed E-state index contributed by atoms with van der Waals surface area (Å²) < 4.78 is 0.771. The van der Waals surface area contributed by atoms with Crippen molar-refractivity contribution in [1.82, 2.24) is 0 Å². The predicted octanol–water partition coefficient (Wildman–Crippen LogP) is 4.70. The minimum Gasteiger partial charge on any atom is -0.288 e. The summed E-state index contributed by atoms with van der Waals surface area (Å²) in [6.07, 6.45) is 0. The number of ketones is 1. The molecule has 16 heavy (non-hydrogen) atoms. The van der Waals surface area contributed by atoms with Gasteiger partial charge in [0, 0.05) is 19.9 Å². The van der Waals surface area contributed by atoms with Gasteiger partial charge < -0.3 is 0 Å². The second kappa shape index (κ2) is 4.70. The average Bonchev–Trinajstić information content (AvgIpc) is 2.67. The van der Waals surface area contributed by atoms with Crippen molar-refractivity contribution in [3.05, 3.63) is 55.1 Å². The Morgan fingerprint density at radius 3 is 2.69 bits per heavy atom. The van der Waals surface area contributed by atoms with Crippen LogP contribution in [0.5, 0.6) is 0 Å². The molecule has 82 valence electrons. The normalized spacial score (nSPS) is 10.4. The van der Waals surface area contributed by atoms with Crippen LogP contribution in [0.3, 0.4) is 0 Å². The molecule has 1 nitrogen and oxygen atoms in total. The van der Waals surface area contributed by atoms with Crippen LogP contribution in [-0.2, 0) is 0 Å². The standard InChI is InChI=1S/C12H8BrClOS/c1-7-2-5-11(16-7)12(15)9-6-8(14)3-4-10(9)13/h2-6H,1H3. The molecule has 1 aromatic heterocycles. The molecule has 0 saturated heterocycles. The fourth-order valence-corrected chi connectivity index (χ4v) is 2.78. The maximum absolute atomic E-state index is 12.2. The van der Waals surface area contributed by atoms with Gasteiger partial charge in [-0.3, -0.25) is 4.79 Å². The maximum Gasteiger partial charge on any atom is 0.204 e. The topological polar surface area (TPSA) is 17.1 Å².